The number of halogens is 1. The highest BCUT2D eigenvalue weighted by molar-refractivity contribution is 14.1. The Morgan fingerprint density at radius 1 is 0.885 bits per heavy atom. The lowest BCUT2D eigenvalue weighted by Gasteiger charge is -2.49. The predicted octanol–water partition coefficient (Wildman–Crippen LogP) is 7.05. The predicted molar refractivity (Wildman–Crippen MR) is 205 cm³/mol. The zero-order valence-corrected chi connectivity index (χ0v) is 30.7. The molecule has 262 valence electrons. The van der Waals surface area contributed by atoms with Crippen molar-refractivity contribution in [2.45, 2.75) is 25.2 Å². The number of anilines is 2. The van der Waals surface area contributed by atoms with Crippen LogP contribution in [0.5, 0.6) is 11.5 Å². The van der Waals surface area contributed by atoms with Crippen molar-refractivity contribution in [3.8, 4) is 11.5 Å². The summed E-state index contributed by atoms with van der Waals surface area (Å²) in [6, 6.07) is 29.2. The molecule has 3 fully saturated rings. The summed E-state index contributed by atoms with van der Waals surface area (Å²) in [5.41, 5.74) is 6.21. The molecule has 10 heteroatoms. The molecule has 0 radical (unpaired) electrons. The van der Waals surface area contributed by atoms with Gasteiger partial charge >= 0.3 is 0 Å². The molecule has 2 saturated heterocycles. The largest absolute Gasteiger partial charge is 0.504 e. The minimum Gasteiger partial charge on any atom is -0.504 e. The van der Waals surface area contributed by atoms with Gasteiger partial charge in [-0.05, 0) is 108 Å². The molecule has 0 bridgehead atoms. The Hall–Kier alpha value is -5.23. The summed E-state index contributed by atoms with van der Waals surface area (Å²) in [5.74, 6) is -4.24. The smallest absolute Gasteiger partial charge is 0.260 e. The number of hydrogen-bond acceptors (Lipinski definition) is 7. The van der Waals surface area contributed by atoms with Gasteiger partial charge < -0.3 is 9.84 Å². The van der Waals surface area contributed by atoms with Gasteiger partial charge in [-0.3, -0.25) is 29.5 Å². The maximum atomic E-state index is 15.2. The van der Waals surface area contributed by atoms with Crippen LogP contribution in [0.1, 0.15) is 29.5 Å². The number of fused-ring (bicyclic) bond motifs is 4. The Balaban J connectivity index is 1.29. The third-order valence-corrected chi connectivity index (χ3v) is 11.9. The van der Waals surface area contributed by atoms with Crippen LogP contribution < -0.4 is 15.1 Å². The van der Waals surface area contributed by atoms with E-state index in [9.17, 15) is 19.5 Å². The van der Waals surface area contributed by atoms with E-state index in [0.717, 1.165) is 19.7 Å². The lowest BCUT2D eigenvalue weighted by molar-refractivity contribution is -0.139. The fourth-order valence-electron chi connectivity index (χ4n) is 8.84. The summed E-state index contributed by atoms with van der Waals surface area (Å²) in [6.07, 6.45) is 6.41. The molecule has 2 heterocycles. The number of hydrazine groups is 1. The third kappa shape index (κ3) is 5.25. The van der Waals surface area contributed by atoms with Gasteiger partial charge in [-0.15, -0.1) is 0 Å². The number of amides is 4. The first-order valence-electron chi connectivity index (χ1n) is 17.3. The number of aromatic hydroxyl groups is 1. The second-order valence-electron chi connectivity index (χ2n) is 13.9. The molecule has 52 heavy (non-hydrogen) atoms. The van der Waals surface area contributed by atoms with E-state index in [0.29, 0.717) is 34.7 Å². The first-order valence-corrected chi connectivity index (χ1v) is 18.4. The van der Waals surface area contributed by atoms with Crippen LogP contribution >= 0.6 is 22.6 Å². The minimum atomic E-state index is -1.36. The van der Waals surface area contributed by atoms with Gasteiger partial charge in [0.15, 0.2) is 11.5 Å². The lowest BCUT2D eigenvalue weighted by Crippen LogP contribution is -2.54. The summed E-state index contributed by atoms with van der Waals surface area (Å²) in [6.45, 7) is 1.97. The summed E-state index contributed by atoms with van der Waals surface area (Å²) >= 11 is 2.19. The maximum absolute atomic E-state index is 15.2. The van der Waals surface area contributed by atoms with Gasteiger partial charge in [0.05, 0.1) is 41.7 Å². The minimum absolute atomic E-state index is 0.00397. The van der Waals surface area contributed by atoms with Crippen molar-refractivity contribution in [1.29, 1.82) is 0 Å². The number of phenolic OH excluding ortho intramolecular Hbond substituents is 1. The van der Waals surface area contributed by atoms with E-state index in [1.165, 1.54) is 12.0 Å². The van der Waals surface area contributed by atoms with Crippen LogP contribution in [0.4, 0.5) is 11.4 Å². The van der Waals surface area contributed by atoms with E-state index in [-0.39, 0.29) is 35.8 Å². The van der Waals surface area contributed by atoms with E-state index >= 15 is 4.79 Å². The Bertz CT molecular complexity index is 2170. The molecule has 2 aliphatic heterocycles. The van der Waals surface area contributed by atoms with Crippen molar-refractivity contribution in [3.05, 3.63) is 135 Å². The van der Waals surface area contributed by atoms with Crippen LogP contribution in [0, 0.1) is 40.1 Å². The number of aryl methyl sites for hydroxylation is 1. The highest BCUT2D eigenvalue weighted by atomic mass is 127. The molecule has 8 rings (SSSR count). The number of imide groups is 2. The van der Waals surface area contributed by atoms with Gasteiger partial charge in [-0.2, -0.15) is 5.01 Å². The van der Waals surface area contributed by atoms with E-state index in [1.807, 2.05) is 91.9 Å². The lowest BCUT2D eigenvalue weighted by atomic mass is 9.50. The topological polar surface area (TPSA) is 116 Å². The summed E-state index contributed by atoms with van der Waals surface area (Å²) < 4.78 is 6.36. The van der Waals surface area contributed by atoms with E-state index in [1.54, 1.807) is 30.3 Å². The van der Waals surface area contributed by atoms with Crippen molar-refractivity contribution in [3.63, 3.8) is 0 Å². The number of methoxy groups -OCH3 is 1. The first kappa shape index (κ1) is 33.9. The third-order valence-electron chi connectivity index (χ3n) is 11.2. The molecule has 4 aromatic rings. The number of carbonyl (C=O) groups is 4. The van der Waals surface area contributed by atoms with Gasteiger partial charge in [0.2, 0.25) is 11.8 Å². The molecule has 2 aliphatic carbocycles. The molecule has 4 amide bonds. The van der Waals surface area contributed by atoms with Crippen LogP contribution in [0.25, 0.3) is 6.08 Å². The zero-order chi connectivity index (χ0) is 36.3. The highest BCUT2D eigenvalue weighted by Crippen LogP contribution is 2.61. The number of phenols is 1. The van der Waals surface area contributed by atoms with Crippen molar-refractivity contribution < 1.29 is 29.0 Å². The number of rotatable bonds is 7. The fraction of sp³-hybridized carbons (Fsp3) is 0.238. The Kier molecular flexibility index (Phi) is 8.52. The number of carbonyl (C=O) groups excluding carboxylic acids is 4. The molecule has 4 aliphatic rings. The van der Waals surface area contributed by atoms with Crippen LogP contribution in [0.2, 0.25) is 0 Å². The van der Waals surface area contributed by atoms with Gasteiger partial charge in [0, 0.05) is 9.49 Å². The summed E-state index contributed by atoms with van der Waals surface area (Å²) in [5, 5.41) is 11.4. The van der Waals surface area contributed by atoms with Crippen LogP contribution in [-0.4, -0.2) is 40.9 Å². The number of ether oxygens (including phenoxy) is 1. The summed E-state index contributed by atoms with van der Waals surface area (Å²) in [4.78, 5) is 59.7. The Morgan fingerprint density at radius 3 is 2.33 bits per heavy atom. The van der Waals surface area contributed by atoms with Gasteiger partial charge in [-0.25, -0.2) is 0 Å². The summed E-state index contributed by atoms with van der Waals surface area (Å²) in [7, 11) is 1.48. The van der Waals surface area contributed by atoms with Crippen LogP contribution in [-0.2, 0) is 24.6 Å². The number of allylic oxidation sites excluding steroid dienone is 3. The highest BCUT2D eigenvalue weighted by Gasteiger charge is 2.69. The Morgan fingerprint density at radius 2 is 1.62 bits per heavy atom. The quantitative estimate of drug-likeness (QED) is 0.117. The second-order valence-corrected chi connectivity index (χ2v) is 15.2. The molecule has 4 aromatic carbocycles. The fourth-order valence-corrected chi connectivity index (χ4v) is 9.20. The molecule has 9 nitrogen and oxygen atoms in total. The molecule has 0 spiro atoms. The molecule has 1 saturated carbocycles. The van der Waals surface area contributed by atoms with Crippen molar-refractivity contribution >= 4 is 63.7 Å². The van der Waals surface area contributed by atoms with Crippen molar-refractivity contribution in [2.75, 3.05) is 17.4 Å². The van der Waals surface area contributed by atoms with Gasteiger partial charge in [0.1, 0.15) is 0 Å². The average Bonchev–Trinajstić information content (AvgIpc) is 3.54. The average molecular weight is 806 g/mol. The van der Waals surface area contributed by atoms with Crippen molar-refractivity contribution in [1.82, 2.24) is 5.01 Å². The monoisotopic (exact) mass is 805 g/mol. The van der Waals surface area contributed by atoms with Crippen LogP contribution in [0.15, 0.2) is 115 Å². The van der Waals surface area contributed by atoms with Gasteiger partial charge in [-0.1, -0.05) is 77.9 Å². The van der Waals surface area contributed by atoms with Crippen molar-refractivity contribution in [2.24, 2.45) is 29.6 Å². The van der Waals surface area contributed by atoms with Crippen LogP contribution in [0.3, 0.4) is 0 Å². The number of nitrogens with one attached hydrogen (secondary N) is 1. The molecule has 0 aromatic heterocycles. The zero-order valence-electron chi connectivity index (χ0n) is 28.5. The number of nitrogens with zero attached hydrogens (tertiary/aromatic N) is 2. The molecule has 0 unspecified atom stereocenters. The Labute approximate surface area is 315 Å². The molecule has 2 N–H and O–H groups in total. The molecular weight excluding hydrogens is 769 g/mol. The molecule has 6 atom stereocenters. The van der Waals surface area contributed by atoms with E-state index in [2.05, 4.69) is 28.0 Å². The normalized spacial score (nSPS) is 26.7. The standard InChI is InChI=1S/C42H36IN3O6/c1-24-8-14-28(15-9-24)44-46-39(49)34-23-32-30(18-19-31-37(32)40(50)45(38(31)48)29-16-12-27(43)13-17-29)33(20-10-25-11-21-35(47)36(22-25)52-2)42(34,41(46)51)26-6-4-3-5-7-26/h3-18,20-22,31-34,37,44,47H,19,23H2,1-2H3/t31-,32+,33-,34-,37-,42-/m0/s1. The first-order chi connectivity index (χ1) is 25.1. The SMILES string of the molecule is COc1cc(C=C[C@H]2C3=CC[C@@H]4C(=O)N(c5ccc(I)cc5)C(=O)[C@@H]4[C@@H]3C[C@H]3C(=O)N(Nc4ccc(C)cc4)C(=O)[C@@]23c2ccccc2)ccc1O. The molecular formula is C42H36IN3O6. The maximum Gasteiger partial charge on any atom is 0.260 e. The second kappa shape index (κ2) is 13.1. The number of benzene rings is 4. The van der Waals surface area contributed by atoms with E-state index in [4.69, 9.17) is 4.74 Å². The number of hydrogen-bond donors (Lipinski definition) is 2. The van der Waals surface area contributed by atoms with Gasteiger partial charge in [0.25, 0.3) is 11.8 Å². The van der Waals surface area contributed by atoms with E-state index < -0.39 is 35.0 Å².